The Kier molecular flexibility index (Phi) is 3.44. The summed E-state index contributed by atoms with van der Waals surface area (Å²) in [7, 11) is 0. The maximum absolute atomic E-state index is 13.7. The molecule has 2 N–H and O–H groups in total. The SMILES string of the molecule is C[C@@H](N)c1cccc(F)c1OC1CCCC1. The summed E-state index contributed by atoms with van der Waals surface area (Å²) in [6.45, 7) is 1.84. The molecule has 1 saturated carbocycles. The maximum Gasteiger partial charge on any atom is 0.165 e. The molecule has 1 aromatic carbocycles. The second kappa shape index (κ2) is 4.83. The third-order valence-corrected chi connectivity index (χ3v) is 3.07. The van der Waals surface area contributed by atoms with E-state index in [0.29, 0.717) is 5.75 Å². The third-order valence-electron chi connectivity index (χ3n) is 3.07. The van der Waals surface area contributed by atoms with Gasteiger partial charge in [-0.2, -0.15) is 0 Å². The van der Waals surface area contributed by atoms with E-state index in [9.17, 15) is 4.39 Å². The van der Waals surface area contributed by atoms with E-state index in [-0.39, 0.29) is 18.0 Å². The van der Waals surface area contributed by atoms with Crippen molar-refractivity contribution in [3.63, 3.8) is 0 Å². The highest BCUT2D eigenvalue weighted by Crippen LogP contribution is 2.31. The molecule has 0 heterocycles. The highest BCUT2D eigenvalue weighted by Gasteiger charge is 2.21. The zero-order valence-electron chi connectivity index (χ0n) is 9.58. The molecular weight excluding hydrogens is 205 g/mol. The van der Waals surface area contributed by atoms with Crippen molar-refractivity contribution in [1.82, 2.24) is 0 Å². The second-order valence-electron chi connectivity index (χ2n) is 4.47. The fraction of sp³-hybridized carbons (Fsp3) is 0.538. The second-order valence-corrected chi connectivity index (χ2v) is 4.47. The number of para-hydroxylation sites is 1. The number of halogens is 1. The summed E-state index contributed by atoms with van der Waals surface area (Å²) in [5.41, 5.74) is 6.57. The molecule has 0 unspecified atom stereocenters. The van der Waals surface area contributed by atoms with Crippen LogP contribution in [0.1, 0.15) is 44.2 Å². The lowest BCUT2D eigenvalue weighted by atomic mass is 10.1. The van der Waals surface area contributed by atoms with Crippen molar-refractivity contribution in [2.24, 2.45) is 5.73 Å². The van der Waals surface area contributed by atoms with Gasteiger partial charge in [-0.1, -0.05) is 12.1 Å². The molecule has 2 rings (SSSR count). The van der Waals surface area contributed by atoms with Gasteiger partial charge in [-0.05, 0) is 38.7 Å². The lowest BCUT2D eigenvalue weighted by molar-refractivity contribution is 0.197. The molecule has 1 aliphatic rings. The van der Waals surface area contributed by atoms with Crippen molar-refractivity contribution in [3.05, 3.63) is 29.6 Å². The fourth-order valence-corrected chi connectivity index (χ4v) is 2.18. The predicted molar refractivity (Wildman–Crippen MR) is 61.9 cm³/mol. The Hall–Kier alpha value is -1.09. The zero-order valence-corrected chi connectivity index (χ0v) is 9.58. The minimum absolute atomic E-state index is 0.161. The smallest absolute Gasteiger partial charge is 0.165 e. The molecule has 1 fully saturated rings. The van der Waals surface area contributed by atoms with Crippen molar-refractivity contribution in [2.75, 3.05) is 0 Å². The van der Waals surface area contributed by atoms with Gasteiger partial charge in [-0.15, -0.1) is 0 Å². The molecule has 0 spiro atoms. The molecular formula is C13H18FNO. The molecule has 0 aromatic heterocycles. The van der Waals surface area contributed by atoms with Crippen LogP contribution in [0.15, 0.2) is 18.2 Å². The van der Waals surface area contributed by atoms with Crippen LogP contribution in [-0.4, -0.2) is 6.10 Å². The first kappa shape index (κ1) is 11.4. The molecule has 0 radical (unpaired) electrons. The van der Waals surface area contributed by atoms with Crippen LogP contribution < -0.4 is 10.5 Å². The van der Waals surface area contributed by atoms with Crippen LogP contribution in [0.3, 0.4) is 0 Å². The molecule has 0 bridgehead atoms. The van der Waals surface area contributed by atoms with Crippen LogP contribution in [0.5, 0.6) is 5.75 Å². The molecule has 2 nitrogen and oxygen atoms in total. The Labute approximate surface area is 95.6 Å². The van der Waals surface area contributed by atoms with Gasteiger partial charge in [0.1, 0.15) is 0 Å². The van der Waals surface area contributed by atoms with Crippen LogP contribution in [0.25, 0.3) is 0 Å². The Morgan fingerprint density at radius 1 is 1.38 bits per heavy atom. The minimum atomic E-state index is -0.304. The molecule has 0 aliphatic heterocycles. The first-order valence-corrected chi connectivity index (χ1v) is 5.89. The average molecular weight is 223 g/mol. The molecule has 88 valence electrons. The largest absolute Gasteiger partial charge is 0.487 e. The lowest BCUT2D eigenvalue weighted by Crippen LogP contribution is -2.16. The molecule has 3 heteroatoms. The quantitative estimate of drug-likeness (QED) is 0.854. The van der Waals surface area contributed by atoms with Crippen LogP contribution in [0.2, 0.25) is 0 Å². The van der Waals surface area contributed by atoms with Gasteiger partial charge in [-0.3, -0.25) is 0 Å². The summed E-state index contributed by atoms with van der Waals surface area (Å²) in [5.74, 6) is 0.0473. The van der Waals surface area contributed by atoms with Gasteiger partial charge in [0.2, 0.25) is 0 Å². The predicted octanol–water partition coefficient (Wildman–Crippen LogP) is 3.17. The standard InChI is InChI=1S/C13H18FNO/c1-9(15)11-7-4-8-12(14)13(11)16-10-5-2-3-6-10/h4,7-10H,2-3,5-6,15H2,1H3/t9-/m1/s1. The highest BCUT2D eigenvalue weighted by molar-refractivity contribution is 5.37. The van der Waals surface area contributed by atoms with Crippen molar-refractivity contribution in [2.45, 2.75) is 44.8 Å². The number of hydrogen-bond donors (Lipinski definition) is 1. The van der Waals surface area contributed by atoms with Gasteiger partial charge < -0.3 is 10.5 Å². The van der Waals surface area contributed by atoms with E-state index in [1.165, 1.54) is 18.9 Å². The van der Waals surface area contributed by atoms with E-state index in [1.54, 1.807) is 6.07 Å². The van der Waals surface area contributed by atoms with E-state index in [4.69, 9.17) is 10.5 Å². The minimum Gasteiger partial charge on any atom is -0.487 e. The van der Waals surface area contributed by atoms with Gasteiger partial charge in [-0.25, -0.2) is 4.39 Å². The van der Waals surface area contributed by atoms with Gasteiger partial charge in [0, 0.05) is 11.6 Å². The highest BCUT2D eigenvalue weighted by atomic mass is 19.1. The van der Waals surface area contributed by atoms with E-state index in [0.717, 1.165) is 18.4 Å². The van der Waals surface area contributed by atoms with E-state index in [1.807, 2.05) is 13.0 Å². The van der Waals surface area contributed by atoms with E-state index in [2.05, 4.69) is 0 Å². The zero-order chi connectivity index (χ0) is 11.5. The summed E-state index contributed by atoms with van der Waals surface area (Å²) in [4.78, 5) is 0. The summed E-state index contributed by atoms with van der Waals surface area (Å²) >= 11 is 0. The molecule has 1 atom stereocenters. The third kappa shape index (κ3) is 2.35. The average Bonchev–Trinajstić information content (AvgIpc) is 2.73. The number of benzene rings is 1. The fourth-order valence-electron chi connectivity index (χ4n) is 2.18. The lowest BCUT2D eigenvalue weighted by Gasteiger charge is -2.18. The van der Waals surface area contributed by atoms with Crippen molar-refractivity contribution < 1.29 is 9.13 Å². The van der Waals surface area contributed by atoms with Crippen molar-refractivity contribution in [1.29, 1.82) is 0 Å². The Balaban J connectivity index is 2.23. The topological polar surface area (TPSA) is 35.2 Å². The van der Waals surface area contributed by atoms with Crippen LogP contribution in [0.4, 0.5) is 4.39 Å². The summed E-state index contributed by atoms with van der Waals surface area (Å²) in [6, 6.07) is 4.73. The van der Waals surface area contributed by atoms with Gasteiger partial charge in [0.05, 0.1) is 6.10 Å². The first-order valence-electron chi connectivity index (χ1n) is 5.89. The van der Waals surface area contributed by atoms with E-state index >= 15 is 0 Å². The number of ether oxygens (including phenoxy) is 1. The Bertz CT molecular complexity index is 359. The maximum atomic E-state index is 13.7. The number of nitrogens with two attached hydrogens (primary N) is 1. The monoisotopic (exact) mass is 223 g/mol. The van der Waals surface area contributed by atoms with Gasteiger partial charge >= 0.3 is 0 Å². The normalized spacial score (nSPS) is 18.7. The number of hydrogen-bond acceptors (Lipinski definition) is 2. The Morgan fingerprint density at radius 2 is 2.06 bits per heavy atom. The van der Waals surface area contributed by atoms with Gasteiger partial charge in [0.25, 0.3) is 0 Å². The van der Waals surface area contributed by atoms with E-state index < -0.39 is 0 Å². The van der Waals surface area contributed by atoms with Gasteiger partial charge in [0.15, 0.2) is 11.6 Å². The summed E-state index contributed by atoms with van der Waals surface area (Å²) in [5, 5.41) is 0. The van der Waals surface area contributed by atoms with Crippen molar-refractivity contribution >= 4 is 0 Å². The molecule has 1 aromatic rings. The molecule has 0 saturated heterocycles. The number of rotatable bonds is 3. The van der Waals surface area contributed by atoms with Crippen molar-refractivity contribution in [3.8, 4) is 5.75 Å². The molecule has 16 heavy (non-hydrogen) atoms. The van der Waals surface area contributed by atoms with Crippen LogP contribution in [-0.2, 0) is 0 Å². The van der Waals surface area contributed by atoms with Crippen LogP contribution in [0, 0.1) is 5.82 Å². The summed E-state index contributed by atoms with van der Waals surface area (Å²) < 4.78 is 19.4. The Morgan fingerprint density at radius 3 is 2.69 bits per heavy atom. The molecule has 0 amide bonds. The molecule has 1 aliphatic carbocycles. The first-order chi connectivity index (χ1) is 7.68. The van der Waals surface area contributed by atoms with Crippen LogP contribution >= 0.6 is 0 Å². The summed E-state index contributed by atoms with van der Waals surface area (Å²) in [6.07, 6.45) is 4.55.